The maximum atomic E-state index is 5.93. The molecular formula is C27H39N3OS. The molecule has 0 saturated carbocycles. The fourth-order valence-corrected chi connectivity index (χ4v) is 4.90. The van der Waals surface area contributed by atoms with Crippen molar-refractivity contribution in [1.29, 1.82) is 0 Å². The van der Waals surface area contributed by atoms with Crippen molar-refractivity contribution >= 4 is 27.4 Å². The molecule has 0 aliphatic rings. The summed E-state index contributed by atoms with van der Waals surface area (Å²) < 4.78 is 5.93. The Morgan fingerprint density at radius 2 is 1.56 bits per heavy atom. The van der Waals surface area contributed by atoms with Gasteiger partial charge in [-0.3, -0.25) is 0 Å². The lowest BCUT2D eigenvalue weighted by molar-refractivity contribution is 0.304. The molecule has 3 rings (SSSR count). The quantitative estimate of drug-likeness (QED) is 0.223. The predicted molar refractivity (Wildman–Crippen MR) is 138 cm³/mol. The summed E-state index contributed by atoms with van der Waals surface area (Å²) in [6.45, 7) is 6.06. The molecule has 0 atom stereocenters. The van der Waals surface area contributed by atoms with Crippen molar-refractivity contribution in [2.45, 2.75) is 84.5 Å². The zero-order valence-corrected chi connectivity index (χ0v) is 20.7. The lowest BCUT2D eigenvalue weighted by atomic mass is 10.1. The van der Waals surface area contributed by atoms with Crippen molar-refractivity contribution in [1.82, 2.24) is 9.97 Å². The van der Waals surface area contributed by atoms with E-state index < -0.39 is 0 Å². The smallest absolute Gasteiger partial charge is 0.138 e. The summed E-state index contributed by atoms with van der Waals surface area (Å²) in [6, 6.07) is 8.52. The SMILES string of the molecule is CCCCCCCCCCCCOc1ccc(CCNc2ncnc3scc(C)c23)cc1. The molecule has 2 heterocycles. The van der Waals surface area contributed by atoms with Crippen LogP contribution in [-0.2, 0) is 6.42 Å². The number of unbranched alkanes of at least 4 members (excludes halogenated alkanes) is 9. The number of rotatable bonds is 16. The molecule has 174 valence electrons. The van der Waals surface area contributed by atoms with Gasteiger partial charge in [-0.1, -0.05) is 76.8 Å². The fourth-order valence-electron chi connectivity index (χ4n) is 4.01. The minimum atomic E-state index is 0.821. The standard InChI is InChI=1S/C27H39N3OS/c1-3-4-5-6-7-8-9-10-11-12-19-31-24-15-13-23(14-16-24)17-18-28-26-25-22(2)20-32-27(25)30-21-29-26/h13-16,20-21H,3-12,17-19H2,1-2H3,(H,28,29,30). The minimum absolute atomic E-state index is 0.821. The maximum absolute atomic E-state index is 5.93. The first kappa shape index (κ1) is 24.5. The van der Waals surface area contributed by atoms with E-state index in [1.54, 1.807) is 17.7 Å². The van der Waals surface area contributed by atoms with Crippen LogP contribution in [0.15, 0.2) is 36.0 Å². The molecule has 0 bridgehead atoms. The number of nitrogens with zero attached hydrogens (tertiary/aromatic N) is 2. The molecular weight excluding hydrogens is 414 g/mol. The molecule has 2 aromatic heterocycles. The molecule has 0 saturated heterocycles. The monoisotopic (exact) mass is 453 g/mol. The van der Waals surface area contributed by atoms with Gasteiger partial charge in [0.15, 0.2) is 0 Å². The Balaban J connectivity index is 1.26. The van der Waals surface area contributed by atoms with Crippen LogP contribution >= 0.6 is 11.3 Å². The summed E-state index contributed by atoms with van der Waals surface area (Å²) in [5.74, 6) is 1.91. The van der Waals surface area contributed by atoms with Crippen molar-refractivity contribution in [3.63, 3.8) is 0 Å². The van der Waals surface area contributed by atoms with Crippen molar-refractivity contribution in [2.24, 2.45) is 0 Å². The van der Waals surface area contributed by atoms with Gasteiger partial charge in [-0.15, -0.1) is 11.3 Å². The number of aromatic nitrogens is 2. The molecule has 4 nitrogen and oxygen atoms in total. The second kappa shape index (κ2) is 14.1. The predicted octanol–water partition coefficient (Wildman–Crippen LogP) is 7.95. The molecule has 32 heavy (non-hydrogen) atoms. The van der Waals surface area contributed by atoms with Gasteiger partial charge in [-0.2, -0.15) is 0 Å². The van der Waals surface area contributed by atoms with Crippen LogP contribution in [0.4, 0.5) is 5.82 Å². The van der Waals surface area contributed by atoms with E-state index in [-0.39, 0.29) is 0 Å². The summed E-state index contributed by atoms with van der Waals surface area (Å²) in [4.78, 5) is 9.83. The fraction of sp³-hybridized carbons (Fsp3) is 0.556. The van der Waals surface area contributed by atoms with Crippen LogP contribution in [0.25, 0.3) is 10.2 Å². The average molecular weight is 454 g/mol. The summed E-state index contributed by atoms with van der Waals surface area (Å²) in [7, 11) is 0. The second-order valence-corrected chi connectivity index (χ2v) is 9.53. The first-order chi connectivity index (χ1) is 15.8. The van der Waals surface area contributed by atoms with Crippen LogP contribution in [0.3, 0.4) is 0 Å². The molecule has 1 N–H and O–H groups in total. The van der Waals surface area contributed by atoms with Crippen molar-refractivity contribution in [3.05, 3.63) is 47.1 Å². The number of fused-ring (bicyclic) bond motifs is 1. The van der Waals surface area contributed by atoms with Gasteiger partial charge in [0.05, 0.1) is 12.0 Å². The Bertz CT molecular complexity index is 907. The molecule has 5 heteroatoms. The van der Waals surface area contributed by atoms with Crippen LogP contribution in [0.2, 0.25) is 0 Å². The highest BCUT2D eigenvalue weighted by Gasteiger charge is 2.08. The third kappa shape index (κ3) is 8.09. The highest BCUT2D eigenvalue weighted by molar-refractivity contribution is 7.17. The molecule has 3 aromatic rings. The summed E-state index contributed by atoms with van der Waals surface area (Å²) in [6.07, 6.45) is 16.1. The molecule has 0 unspecified atom stereocenters. The van der Waals surface area contributed by atoms with Crippen LogP contribution in [-0.4, -0.2) is 23.1 Å². The summed E-state index contributed by atoms with van der Waals surface area (Å²) in [5, 5.41) is 6.76. The van der Waals surface area contributed by atoms with Gasteiger partial charge >= 0.3 is 0 Å². The first-order valence-electron chi connectivity index (χ1n) is 12.4. The van der Waals surface area contributed by atoms with Crippen LogP contribution < -0.4 is 10.1 Å². The van der Waals surface area contributed by atoms with Gasteiger partial charge in [0.25, 0.3) is 0 Å². The largest absolute Gasteiger partial charge is 0.494 e. The van der Waals surface area contributed by atoms with Gasteiger partial charge in [0.1, 0.15) is 22.7 Å². The number of ether oxygens (including phenoxy) is 1. The van der Waals surface area contributed by atoms with Crippen LogP contribution in [0.1, 0.15) is 82.3 Å². The number of aryl methyl sites for hydroxylation is 1. The number of thiophene rings is 1. The molecule has 0 radical (unpaired) electrons. The highest BCUT2D eigenvalue weighted by atomic mass is 32.1. The van der Waals surface area contributed by atoms with Gasteiger partial charge in [-0.05, 0) is 48.4 Å². The van der Waals surface area contributed by atoms with Gasteiger partial charge in [0.2, 0.25) is 0 Å². The van der Waals surface area contributed by atoms with Crippen molar-refractivity contribution < 1.29 is 4.74 Å². The maximum Gasteiger partial charge on any atom is 0.138 e. The molecule has 0 aliphatic carbocycles. The zero-order chi connectivity index (χ0) is 22.4. The first-order valence-corrected chi connectivity index (χ1v) is 13.3. The zero-order valence-electron chi connectivity index (χ0n) is 19.9. The van der Waals surface area contributed by atoms with Crippen molar-refractivity contribution in [2.75, 3.05) is 18.5 Å². The topological polar surface area (TPSA) is 47.0 Å². The Hall–Kier alpha value is -2.14. The molecule has 0 spiro atoms. The number of anilines is 1. The minimum Gasteiger partial charge on any atom is -0.494 e. The van der Waals surface area contributed by atoms with Crippen molar-refractivity contribution in [3.8, 4) is 5.75 Å². The van der Waals surface area contributed by atoms with E-state index in [9.17, 15) is 0 Å². The Labute approximate surface area is 197 Å². The number of hydrogen-bond acceptors (Lipinski definition) is 5. The van der Waals surface area contributed by atoms with E-state index in [1.807, 2.05) is 0 Å². The van der Waals surface area contributed by atoms with E-state index in [4.69, 9.17) is 4.74 Å². The summed E-state index contributed by atoms with van der Waals surface area (Å²) in [5.41, 5.74) is 2.54. The van der Waals surface area contributed by atoms with Gasteiger partial charge in [0, 0.05) is 6.54 Å². The van der Waals surface area contributed by atoms with Gasteiger partial charge < -0.3 is 10.1 Å². The number of nitrogens with one attached hydrogen (secondary N) is 1. The van der Waals surface area contributed by atoms with Crippen LogP contribution in [0.5, 0.6) is 5.75 Å². The van der Waals surface area contributed by atoms with E-state index in [0.29, 0.717) is 0 Å². The lowest BCUT2D eigenvalue weighted by Gasteiger charge is -2.09. The highest BCUT2D eigenvalue weighted by Crippen LogP contribution is 2.28. The number of hydrogen-bond donors (Lipinski definition) is 1. The second-order valence-electron chi connectivity index (χ2n) is 8.67. The third-order valence-electron chi connectivity index (χ3n) is 5.95. The van der Waals surface area contributed by atoms with Crippen LogP contribution in [0, 0.1) is 6.92 Å². The Morgan fingerprint density at radius 3 is 2.28 bits per heavy atom. The Morgan fingerprint density at radius 1 is 0.875 bits per heavy atom. The third-order valence-corrected chi connectivity index (χ3v) is 6.95. The van der Waals surface area contributed by atoms with E-state index in [2.05, 4.69) is 58.8 Å². The average Bonchev–Trinajstić information content (AvgIpc) is 3.20. The molecule has 1 aromatic carbocycles. The Kier molecular flexibility index (Phi) is 10.8. The molecule has 0 aliphatic heterocycles. The molecule has 0 amide bonds. The normalized spacial score (nSPS) is 11.2. The lowest BCUT2D eigenvalue weighted by Crippen LogP contribution is -2.07. The van der Waals surface area contributed by atoms with E-state index in [1.165, 1.54) is 68.9 Å². The van der Waals surface area contributed by atoms with E-state index >= 15 is 0 Å². The summed E-state index contributed by atoms with van der Waals surface area (Å²) >= 11 is 1.67. The molecule has 0 fully saturated rings. The van der Waals surface area contributed by atoms with Gasteiger partial charge in [-0.25, -0.2) is 9.97 Å². The number of benzene rings is 1. The van der Waals surface area contributed by atoms with E-state index in [0.717, 1.165) is 47.8 Å².